The summed E-state index contributed by atoms with van der Waals surface area (Å²) >= 11 is 0. The molecule has 7 aromatic rings. The van der Waals surface area contributed by atoms with Gasteiger partial charge in [-0.3, -0.25) is 14.1 Å². The Morgan fingerprint density at radius 2 is 1.24 bits per heavy atom. The van der Waals surface area contributed by atoms with Gasteiger partial charge in [0.05, 0.1) is 23.0 Å². The zero-order chi connectivity index (χ0) is 33.4. The molecule has 1 unspecified atom stereocenters. The number of rotatable bonds is 4. The SMILES string of the molecule is Cn1c(=O)n(C)c2cc(-c3ccc(C4=NC(c5ccc6c(c5)C(C)(C)c5cc7ccccc7cc5-6)=NC(c5ccccc5)[N-]4)cc3)ccc21. The van der Waals surface area contributed by atoms with E-state index in [9.17, 15) is 4.79 Å². The maximum atomic E-state index is 12.5. The number of amidine groups is 2. The van der Waals surface area contributed by atoms with Crippen LogP contribution in [0.3, 0.4) is 0 Å². The highest BCUT2D eigenvalue weighted by Gasteiger charge is 2.36. The number of fused-ring (bicyclic) bond motifs is 5. The first-order chi connectivity index (χ1) is 23.8. The summed E-state index contributed by atoms with van der Waals surface area (Å²) in [5.74, 6) is 1.33. The summed E-state index contributed by atoms with van der Waals surface area (Å²) in [5, 5.41) is 7.57. The summed E-state index contributed by atoms with van der Waals surface area (Å²) in [5.41, 5.74) is 11.8. The molecule has 1 aliphatic heterocycles. The predicted octanol–water partition coefficient (Wildman–Crippen LogP) is 9.28. The summed E-state index contributed by atoms with van der Waals surface area (Å²) < 4.78 is 3.37. The van der Waals surface area contributed by atoms with Crippen LogP contribution < -0.4 is 5.69 Å². The molecule has 0 saturated heterocycles. The van der Waals surface area contributed by atoms with Crippen molar-refractivity contribution in [3.8, 4) is 22.3 Å². The van der Waals surface area contributed by atoms with E-state index < -0.39 is 6.17 Å². The van der Waals surface area contributed by atoms with Gasteiger partial charge in [0.1, 0.15) is 0 Å². The molecular weight excluding hydrogens is 603 g/mol. The highest BCUT2D eigenvalue weighted by atomic mass is 16.1. The number of aryl methyl sites for hydroxylation is 2. The van der Waals surface area contributed by atoms with Crippen LogP contribution in [0.5, 0.6) is 0 Å². The van der Waals surface area contributed by atoms with Gasteiger partial charge in [-0.25, -0.2) is 4.79 Å². The number of imidazole rings is 1. The quantitative estimate of drug-likeness (QED) is 0.190. The van der Waals surface area contributed by atoms with Crippen molar-refractivity contribution in [2.45, 2.75) is 25.4 Å². The Hall–Kier alpha value is -6.01. The van der Waals surface area contributed by atoms with Gasteiger partial charge in [-0.05, 0) is 91.2 Å². The largest absolute Gasteiger partial charge is 0.438 e. The second kappa shape index (κ2) is 10.8. The van der Waals surface area contributed by atoms with Crippen LogP contribution in [0, 0.1) is 0 Å². The van der Waals surface area contributed by atoms with E-state index in [-0.39, 0.29) is 11.1 Å². The molecule has 9 rings (SSSR count). The zero-order valence-corrected chi connectivity index (χ0v) is 27.8. The van der Waals surface area contributed by atoms with Gasteiger partial charge in [-0.1, -0.05) is 117 Å². The molecule has 6 nitrogen and oxygen atoms in total. The second-order valence-corrected chi connectivity index (χ2v) is 13.6. The highest BCUT2D eigenvalue weighted by Crippen LogP contribution is 2.50. The van der Waals surface area contributed by atoms with Crippen LogP contribution in [0.2, 0.25) is 0 Å². The van der Waals surface area contributed by atoms with Crippen LogP contribution >= 0.6 is 0 Å². The first-order valence-electron chi connectivity index (χ1n) is 16.6. The Kier molecular flexibility index (Phi) is 6.40. The van der Waals surface area contributed by atoms with Crippen LogP contribution in [0.1, 0.15) is 47.8 Å². The van der Waals surface area contributed by atoms with Crippen LogP contribution in [0.4, 0.5) is 0 Å². The molecule has 1 aliphatic carbocycles. The Balaban J connectivity index is 1.11. The molecule has 2 aliphatic rings. The molecule has 0 radical (unpaired) electrons. The van der Waals surface area contributed by atoms with E-state index in [0.717, 1.165) is 38.9 Å². The van der Waals surface area contributed by atoms with Gasteiger partial charge >= 0.3 is 5.69 Å². The fraction of sp³-hybridized carbons (Fsp3) is 0.140. The van der Waals surface area contributed by atoms with E-state index in [1.54, 1.807) is 16.2 Å². The minimum atomic E-state index is -0.408. The van der Waals surface area contributed by atoms with Crippen LogP contribution in [-0.2, 0) is 19.5 Å². The number of nitrogens with zero attached hydrogens (tertiary/aromatic N) is 5. The third-order valence-electron chi connectivity index (χ3n) is 10.3. The number of aromatic nitrogens is 2. The van der Waals surface area contributed by atoms with Crippen LogP contribution in [0.25, 0.3) is 49.4 Å². The van der Waals surface area contributed by atoms with E-state index in [2.05, 4.69) is 117 Å². The second-order valence-electron chi connectivity index (χ2n) is 13.6. The van der Waals surface area contributed by atoms with Crippen molar-refractivity contribution in [2.75, 3.05) is 0 Å². The molecule has 0 bridgehead atoms. The summed E-state index contributed by atoms with van der Waals surface area (Å²) in [6.07, 6.45) is -0.408. The lowest BCUT2D eigenvalue weighted by Crippen LogP contribution is -2.19. The molecule has 2 heterocycles. The minimum Gasteiger partial charge on any atom is -0.438 e. The van der Waals surface area contributed by atoms with Crippen molar-refractivity contribution in [3.63, 3.8) is 0 Å². The van der Waals surface area contributed by atoms with Crippen molar-refractivity contribution in [2.24, 2.45) is 24.1 Å². The number of aliphatic imine (C=N–C) groups is 2. The van der Waals surface area contributed by atoms with E-state index in [1.807, 2.05) is 31.3 Å². The molecule has 6 aromatic carbocycles. The predicted molar refractivity (Wildman–Crippen MR) is 201 cm³/mol. The van der Waals surface area contributed by atoms with Gasteiger partial charge in [0.2, 0.25) is 0 Å². The van der Waals surface area contributed by atoms with Crippen molar-refractivity contribution in [3.05, 3.63) is 171 Å². The number of hydrogen-bond acceptors (Lipinski definition) is 3. The van der Waals surface area contributed by atoms with Gasteiger partial charge in [0.15, 0.2) is 0 Å². The molecule has 0 fully saturated rings. The first-order valence-corrected chi connectivity index (χ1v) is 16.6. The maximum Gasteiger partial charge on any atom is 0.328 e. The molecular formula is C43H34N5O-. The van der Waals surface area contributed by atoms with Gasteiger partial charge in [-0.2, -0.15) is 0 Å². The molecule has 1 atom stereocenters. The maximum absolute atomic E-state index is 12.5. The fourth-order valence-corrected chi connectivity index (χ4v) is 7.53. The average molecular weight is 637 g/mol. The Bertz CT molecular complexity index is 2590. The average Bonchev–Trinajstić information content (AvgIpc) is 3.50. The third kappa shape index (κ3) is 4.59. The Morgan fingerprint density at radius 3 is 2.02 bits per heavy atom. The molecule has 238 valence electrons. The van der Waals surface area contributed by atoms with Crippen LogP contribution in [-0.4, -0.2) is 20.8 Å². The molecule has 1 aromatic heterocycles. The van der Waals surface area contributed by atoms with E-state index >= 15 is 0 Å². The number of hydrogen-bond donors (Lipinski definition) is 0. The van der Waals surface area contributed by atoms with Crippen molar-refractivity contribution in [1.29, 1.82) is 0 Å². The van der Waals surface area contributed by atoms with Gasteiger partial charge in [0, 0.05) is 19.5 Å². The number of benzene rings is 6. The highest BCUT2D eigenvalue weighted by molar-refractivity contribution is 6.19. The lowest BCUT2D eigenvalue weighted by Gasteiger charge is -2.32. The summed E-state index contributed by atoms with van der Waals surface area (Å²) in [6, 6.07) is 44.6. The third-order valence-corrected chi connectivity index (χ3v) is 10.3. The Morgan fingerprint density at radius 1 is 0.612 bits per heavy atom. The molecule has 0 amide bonds. The van der Waals surface area contributed by atoms with Crippen LogP contribution in [0.15, 0.2) is 142 Å². The summed E-state index contributed by atoms with van der Waals surface area (Å²) in [7, 11) is 3.61. The first kappa shape index (κ1) is 29.2. The zero-order valence-electron chi connectivity index (χ0n) is 27.8. The van der Waals surface area contributed by atoms with Crippen molar-refractivity contribution < 1.29 is 0 Å². The molecule has 6 heteroatoms. The van der Waals surface area contributed by atoms with Crippen molar-refractivity contribution in [1.82, 2.24) is 9.13 Å². The van der Waals surface area contributed by atoms with Gasteiger partial charge in [0.25, 0.3) is 0 Å². The molecule has 49 heavy (non-hydrogen) atoms. The monoisotopic (exact) mass is 636 g/mol. The van der Waals surface area contributed by atoms with E-state index in [1.165, 1.54) is 33.0 Å². The summed E-state index contributed by atoms with van der Waals surface area (Å²) in [6.45, 7) is 4.62. The lowest BCUT2D eigenvalue weighted by molar-refractivity contribution is 0.661. The van der Waals surface area contributed by atoms with Gasteiger partial charge in [-0.15, -0.1) is 0 Å². The summed E-state index contributed by atoms with van der Waals surface area (Å²) in [4.78, 5) is 22.7. The Labute approximate surface area is 284 Å². The standard InChI is InChI=1S/C43H34N5O/c1-43(2)35-24-32(18-20-33(35)34-22-29-12-8-9-13-30(29)23-36(34)43)41-45-39(27-10-6-5-7-11-27)44-40(46-41)28-16-14-26(15-17-28)31-19-21-37-38(25-31)48(4)42(49)47(37)3/h5-25,39H,1-4H3/q-1. The van der Waals surface area contributed by atoms with E-state index in [0.29, 0.717) is 11.7 Å². The smallest absolute Gasteiger partial charge is 0.328 e. The molecule has 0 saturated carbocycles. The molecule has 0 spiro atoms. The van der Waals surface area contributed by atoms with E-state index in [4.69, 9.17) is 15.3 Å². The topological polar surface area (TPSA) is 65.8 Å². The lowest BCUT2D eigenvalue weighted by atomic mass is 9.81. The minimum absolute atomic E-state index is 0.0325. The fourth-order valence-electron chi connectivity index (χ4n) is 7.53. The van der Waals surface area contributed by atoms with Gasteiger partial charge < -0.3 is 10.3 Å². The normalized spacial score (nSPS) is 16.2. The molecule has 0 N–H and O–H groups in total. The van der Waals surface area contributed by atoms with Crippen molar-refractivity contribution >= 4 is 33.5 Å².